The summed E-state index contributed by atoms with van der Waals surface area (Å²) in [5.74, 6) is 0.541. The second-order valence-corrected chi connectivity index (χ2v) is 6.07. The van der Waals surface area contributed by atoms with E-state index in [1.165, 1.54) is 7.11 Å². The third-order valence-electron chi connectivity index (χ3n) is 3.36. The fraction of sp³-hybridized carbons (Fsp3) is 0.571. The van der Waals surface area contributed by atoms with Crippen molar-refractivity contribution >= 4 is 11.7 Å². The van der Waals surface area contributed by atoms with Crippen molar-refractivity contribution in [3.05, 3.63) is 23.8 Å². The van der Waals surface area contributed by atoms with E-state index in [1.807, 2.05) is 25.2 Å². The minimum absolute atomic E-state index is 0.0603. The van der Waals surface area contributed by atoms with E-state index in [1.54, 1.807) is 6.20 Å². The predicted molar refractivity (Wildman–Crippen MR) is 73.3 cm³/mol. The first-order valence-electron chi connectivity index (χ1n) is 6.32. The molecule has 1 aliphatic heterocycles. The molecular weight excluding hydrogens is 242 g/mol. The van der Waals surface area contributed by atoms with E-state index >= 15 is 0 Å². The van der Waals surface area contributed by atoms with Crippen LogP contribution in [0.5, 0.6) is 0 Å². The van der Waals surface area contributed by atoms with Crippen molar-refractivity contribution in [1.29, 1.82) is 0 Å². The number of aromatic nitrogens is 2. The topological polar surface area (TPSA) is 47.4 Å². The van der Waals surface area contributed by atoms with Crippen molar-refractivity contribution < 1.29 is 9.53 Å². The lowest BCUT2D eigenvalue weighted by Crippen LogP contribution is -2.27. The van der Waals surface area contributed by atoms with E-state index in [9.17, 15) is 4.79 Å². The summed E-state index contributed by atoms with van der Waals surface area (Å²) in [5, 5.41) is 0. The van der Waals surface area contributed by atoms with E-state index in [-0.39, 0.29) is 17.4 Å². The largest absolute Gasteiger partial charge is 0.466 e. The number of hydrogen-bond donors (Lipinski definition) is 0. The molecule has 2 rings (SSSR count). The molecule has 104 valence electrons. The molecule has 0 radical (unpaired) electrons. The number of fused-ring (bicyclic) bond motifs is 1. The molecule has 1 atom stereocenters. The number of ether oxygens (including phenoxy) is 1. The molecule has 0 amide bonds. The molecule has 1 aliphatic rings. The summed E-state index contributed by atoms with van der Waals surface area (Å²) in [6.07, 6.45) is 3.69. The Kier molecular flexibility index (Phi) is 3.16. The van der Waals surface area contributed by atoms with E-state index in [0.29, 0.717) is 5.57 Å². The quantitative estimate of drug-likeness (QED) is 0.765. The highest BCUT2D eigenvalue weighted by molar-refractivity contribution is 5.99. The van der Waals surface area contributed by atoms with Crippen molar-refractivity contribution in [3.63, 3.8) is 0 Å². The van der Waals surface area contributed by atoms with Gasteiger partial charge in [-0.05, 0) is 5.41 Å². The van der Waals surface area contributed by atoms with Crippen LogP contribution in [0, 0.1) is 5.41 Å². The molecule has 1 aromatic heterocycles. The van der Waals surface area contributed by atoms with Crippen LogP contribution >= 0.6 is 0 Å². The molecule has 0 aliphatic carbocycles. The summed E-state index contributed by atoms with van der Waals surface area (Å²) >= 11 is 0. The Balaban J connectivity index is 2.69. The zero-order valence-corrected chi connectivity index (χ0v) is 12.4. The van der Waals surface area contributed by atoms with Gasteiger partial charge in [-0.2, -0.15) is 0 Å². The Hall–Kier alpha value is -1.78. The van der Waals surface area contributed by atoms with Crippen LogP contribution in [0.15, 0.2) is 18.0 Å². The fourth-order valence-corrected chi connectivity index (χ4v) is 2.70. The van der Waals surface area contributed by atoms with Gasteiger partial charge in [0.1, 0.15) is 0 Å². The lowest BCUT2D eigenvalue weighted by atomic mass is 9.82. The number of carbonyl (C=O) groups is 1. The molecule has 0 N–H and O–H groups in total. The van der Waals surface area contributed by atoms with Crippen LogP contribution in [0.4, 0.5) is 0 Å². The normalized spacial score (nSPS) is 18.5. The summed E-state index contributed by atoms with van der Waals surface area (Å²) in [7, 11) is 5.26. The molecule has 19 heavy (non-hydrogen) atoms. The second-order valence-electron chi connectivity index (χ2n) is 6.07. The summed E-state index contributed by atoms with van der Waals surface area (Å²) in [6, 6.07) is -0.0603. The molecule has 0 bridgehead atoms. The van der Waals surface area contributed by atoms with Crippen molar-refractivity contribution in [1.82, 2.24) is 14.5 Å². The maximum absolute atomic E-state index is 12.2. The first-order chi connectivity index (χ1) is 8.79. The Labute approximate surface area is 113 Å². The van der Waals surface area contributed by atoms with Gasteiger partial charge in [0, 0.05) is 26.5 Å². The predicted octanol–water partition coefficient (Wildman–Crippen LogP) is 1.93. The van der Waals surface area contributed by atoms with Crippen LogP contribution in [-0.4, -0.2) is 41.6 Å². The molecule has 0 fully saturated rings. The lowest BCUT2D eigenvalue weighted by molar-refractivity contribution is -0.136. The van der Waals surface area contributed by atoms with Gasteiger partial charge in [-0.25, -0.2) is 9.78 Å². The monoisotopic (exact) mass is 263 g/mol. The van der Waals surface area contributed by atoms with Crippen LogP contribution in [0.1, 0.15) is 32.6 Å². The molecular formula is C14H21N3O2. The van der Waals surface area contributed by atoms with Gasteiger partial charge in [-0.3, -0.25) is 0 Å². The Morgan fingerprint density at radius 2 is 2.05 bits per heavy atom. The number of methoxy groups -OCH3 is 1. The Morgan fingerprint density at radius 3 is 2.53 bits per heavy atom. The molecule has 5 nitrogen and oxygen atoms in total. The standard InChI is InChI=1S/C14H21N3O2/c1-14(2,3)11-9(13(18)19-6)10(16(4)5)12-15-7-8-17(11)12/h7-8,11H,1-6H3. The van der Waals surface area contributed by atoms with Crippen LogP contribution in [-0.2, 0) is 9.53 Å². The average Bonchev–Trinajstić information content (AvgIpc) is 2.83. The summed E-state index contributed by atoms with van der Waals surface area (Å²) in [5.41, 5.74) is 1.43. The first kappa shape index (κ1) is 13.6. The van der Waals surface area contributed by atoms with Gasteiger partial charge in [0.05, 0.1) is 24.4 Å². The minimum Gasteiger partial charge on any atom is -0.466 e. The van der Waals surface area contributed by atoms with Crippen LogP contribution < -0.4 is 0 Å². The van der Waals surface area contributed by atoms with E-state index in [2.05, 4.69) is 30.3 Å². The average molecular weight is 263 g/mol. The third kappa shape index (κ3) is 2.03. The van der Waals surface area contributed by atoms with Crippen LogP contribution in [0.25, 0.3) is 5.70 Å². The van der Waals surface area contributed by atoms with Gasteiger partial charge in [-0.1, -0.05) is 20.8 Å². The van der Waals surface area contributed by atoms with E-state index < -0.39 is 0 Å². The van der Waals surface area contributed by atoms with Crippen molar-refractivity contribution in [2.45, 2.75) is 26.8 Å². The van der Waals surface area contributed by atoms with Gasteiger partial charge in [0.2, 0.25) is 0 Å². The maximum atomic E-state index is 12.2. The smallest absolute Gasteiger partial charge is 0.338 e. The molecule has 0 spiro atoms. The fourth-order valence-electron chi connectivity index (χ4n) is 2.70. The van der Waals surface area contributed by atoms with Gasteiger partial charge in [-0.15, -0.1) is 0 Å². The van der Waals surface area contributed by atoms with Gasteiger partial charge in [0.15, 0.2) is 5.82 Å². The van der Waals surface area contributed by atoms with E-state index in [0.717, 1.165) is 11.5 Å². The first-order valence-corrected chi connectivity index (χ1v) is 6.32. The molecule has 0 saturated carbocycles. The summed E-state index contributed by atoms with van der Waals surface area (Å²) < 4.78 is 7.03. The van der Waals surface area contributed by atoms with Crippen LogP contribution in [0.2, 0.25) is 0 Å². The summed E-state index contributed by atoms with van der Waals surface area (Å²) in [4.78, 5) is 18.5. The highest BCUT2D eigenvalue weighted by Gasteiger charge is 2.43. The summed E-state index contributed by atoms with van der Waals surface area (Å²) in [6.45, 7) is 6.34. The number of hydrogen-bond acceptors (Lipinski definition) is 4. The number of rotatable bonds is 2. The number of imidazole rings is 1. The minimum atomic E-state index is -0.283. The highest BCUT2D eigenvalue weighted by atomic mass is 16.5. The lowest BCUT2D eigenvalue weighted by Gasteiger charge is -2.30. The van der Waals surface area contributed by atoms with Crippen molar-refractivity contribution in [2.75, 3.05) is 21.2 Å². The number of nitrogens with zero attached hydrogens (tertiary/aromatic N) is 3. The third-order valence-corrected chi connectivity index (χ3v) is 3.36. The van der Waals surface area contributed by atoms with Gasteiger partial charge in [0.25, 0.3) is 0 Å². The van der Waals surface area contributed by atoms with Gasteiger partial charge < -0.3 is 14.2 Å². The SMILES string of the molecule is COC(=O)C1=C(N(C)C)c2nccn2C1C(C)(C)C. The molecule has 0 saturated heterocycles. The second kappa shape index (κ2) is 4.40. The molecule has 0 aromatic carbocycles. The number of esters is 1. The number of carbonyl (C=O) groups excluding carboxylic acids is 1. The molecule has 1 unspecified atom stereocenters. The van der Waals surface area contributed by atoms with Crippen LogP contribution in [0.3, 0.4) is 0 Å². The molecule has 2 heterocycles. The maximum Gasteiger partial charge on any atom is 0.338 e. The molecule has 5 heteroatoms. The van der Waals surface area contributed by atoms with Crippen molar-refractivity contribution in [2.24, 2.45) is 5.41 Å². The zero-order valence-electron chi connectivity index (χ0n) is 12.4. The Bertz CT molecular complexity index is 535. The highest BCUT2D eigenvalue weighted by Crippen LogP contribution is 2.46. The Morgan fingerprint density at radius 1 is 1.42 bits per heavy atom. The van der Waals surface area contributed by atoms with E-state index in [4.69, 9.17) is 4.74 Å². The zero-order chi connectivity index (χ0) is 14.4. The van der Waals surface area contributed by atoms with Gasteiger partial charge >= 0.3 is 5.97 Å². The molecule has 1 aromatic rings. The van der Waals surface area contributed by atoms with Crippen molar-refractivity contribution in [3.8, 4) is 0 Å².